The van der Waals surface area contributed by atoms with Crippen molar-refractivity contribution in [2.75, 3.05) is 11.9 Å². The standard InChI is InChI=1S/C20H18N8/c21-10-8-14-4-6-16(7-5-14)24-20-23-13-18-19(25-20)28(27-26-18)17-3-1-2-15(12-17)9-11-22/h1-7,12-13H,8-10,21H2,(H,23,24,25). The maximum atomic E-state index is 8.92. The third-order valence-corrected chi connectivity index (χ3v) is 4.27. The van der Waals surface area contributed by atoms with Crippen LogP contribution in [0.3, 0.4) is 0 Å². The third kappa shape index (κ3) is 3.65. The number of nitriles is 1. The Labute approximate surface area is 161 Å². The average Bonchev–Trinajstić information content (AvgIpc) is 3.13. The lowest BCUT2D eigenvalue weighted by Gasteiger charge is -2.07. The monoisotopic (exact) mass is 370 g/mol. The first-order valence-corrected chi connectivity index (χ1v) is 8.87. The highest BCUT2D eigenvalue weighted by atomic mass is 15.4. The van der Waals surface area contributed by atoms with Gasteiger partial charge in [-0.15, -0.1) is 5.10 Å². The second-order valence-electron chi connectivity index (χ2n) is 6.27. The van der Waals surface area contributed by atoms with Crippen molar-refractivity contribution in [2.24, 2.45) is 5.73 Å². The molecule has 2 aromatic carbocycles. The fraction of sp³-hybridized carbons (Fsp3) is 0.150. The molecule has 2 heterocycles. The number of aromatic nitrogens is 5. The molecule has 8 heteroatoms. The number of anilines is 2. The largest absolute Gasteiger partial charge is 0.330 e. The van der Waals surface area contributed by atoms with Crippen LogP contribution in [0.1, 0.15) is 11.1 Å². The van der Waals surface area contributed by atoms with Gasteiger partial charge in [0.1, 0.15) is 0 Å². The Balaban J connectivity index is 1.64. The zero-order valence-corrected chi connectivity index (χ0v) is 15.1. The number of nitrogens with two attached hydrogens (primary N) is 1. The second-order valence-corrected chi connectivity index (χ2v) is 6.27. The molecule has 4 aromatic rings. The average molecular weight is 370 g/mol. The Morgan fingerprint density at radius 1 is 1.11 bits per heavy atom. The molecule has 0 spiro atoms. The summed E-state index contributed by atoms with van der Waals surface area (Å²) >= 11 is 0. The number of rotatable bonds is 6. The van der Waals surface area contributed by atoms with Gasteiger partial charge in [0.25, 0.3) is 0 Å². The molecule has 3 N–H and O–H groups in total. The number of hydrogen-bond donors (Lipinski definition) is 2. The van der Waals surface area contributed by atoms with E-state index < -0.39 is 0 Å². The van der Waals surface area contributed by atoms with Gasteiger partial charge in [0.15, 0.2) is 11.2 Å². The lowest BCUT2D eigenvalue weighted by molar-refractivity contribution is 0.816. The van der Waals surface area contributed by atoms with Crippen LogP contribution in [0.5, 0.6) is 0 Å². The topological polar surface area (TPSA) is 118 Å². The Morgan fingerprint density at radius 2 is 1.96 bits per heavy atom. The molecule has 0 radical (unpaired) electrons. The van der Waals surface area contributed by atoms with Gasteiger partial charge in [0.05, 0.1) is 24.4 Å². The van der Waals surface area contributed by atoms with E-state index in [-0.39, 0.29) is 0 Å². The second kappa shape index (κ2) is 7.82. The van der Waals surface area contributed by atoms with Crippen LogP contribution < -0.4 is 11.1 Å². The molecule has 138 valence electrons. The quantitative estimate of drug-likeness (QED) is 0.535. The molecule has 0 aliphatic carbocycles. The van der Waals surface area contributed by atoms with Crippen LogP contribution in [0.2, 0.25) is 0 Å². The Hall–Kier alpha value is -3.83. The minimum Gasteiger partial charge on any atom is -0.330 e. The van der Waals surface area contributed by atoms with Crippen molar-refractivity contribution in [3.63, 3.8) is 0 Å². The minimum atomic E-state index is 0.336. The van der Waals surface area contributed by atoms with Crippen molar-refractivity contribution in [2.45, 2.75) is 12.8 Å². The number of benzene rings is 2. The van der Waals surface area contributed by atoms with E-state index in [9.17, 15) is 0 Å². The summed E-state index contributed by atoms with van der Waals surface area (Å²) in [5, 5.41) is 20.4. The van der Waals surface area contributed by atoms with Crippen molar-refractivity contribution in [1.29, 1.82) is 5.26 Å². The Bertz CT molecular complexity index is 1140. The number of hydrogen-bond acceptors (Lipinski definition) is 7. The van der Waals surface area contributed by atoms with Crippen molar-refractivity contribution >= 4 is 22.8 Å². The molecule has 0 aliphatic rings. The molecule has 4 rings (SSSR count). The van der Waals surface area contributed by atoms with Crippen LogP contribution in [-0.4, -0.2) is 31.5 Å². The van der Waals surface area contributed by atoms with Gasteiger partial charge in [-0.25, -0.2) is 4.98 Å². The summed E-state index contributed by atoms with van der Waals surface area (Å²) in [6, 6.07) is 17.8. The lowest BCUT2D eigenvalue weighted by Crippen LogP contribution is -2.03. The summed E-state index contributed by atoms with van der Waals surface area (Å²) in [6.07, 6.45) is 2.82. The maximum absolute atomic E-state index is 8.92. The fourth-order valence-corrected chi connectivity index (χ4v) is 2.90. The summed E-state index contributed by atoms with van der Waals surface area (Å²) < 4.78 is 1.65. The number of nitrogens with one attached hydrogen (secondary N) is 1. The van der Waals surface area contributed by atoms with Gasteiger partial charge in [-0.05, 0) is 48.4 Å². The summed E-state index contributed by atoms with van der Waals surface area (Å²) in [4.78, 5) is 8.89. The molecule has 0 atom stereocenters. The van der Waals surface area contributed by atoms with Crippen molar-refractivity contribution in [3.05, 3.63) is 65.9 Å². The maximum Gasteiger partial charge on any atom is 0.229 e. The van der Waals surface area contributed by atoms with E-state index in [2.05, 4.69) is 31.7 Å². The van der Waals surface area contributed by atoms with E-state index >= 15 is 0 Å². The van der Waals surface area contributed by atoms with E-state index in [4.69, 9.17) is 11.0 Å². The predicted molar refractivity (Wildman–Crippen MR) is 106 cm³/mol. The summed E-state index contributed by atoms with van der Waals surface area (Å²) in [5.74, 6) is 0.454. The molecule has 0 aliphatic heterocycles. The van der Waals surface area contributed by atoms with Gasteiger partial charge in [-0.3, -0.25) is 0 Å². The molecular formula is C20H18N8. The molecule has 0 saturated heterocycles. The van der Waals surface area contributed by atoms with Crippen LogP contribution in [-0.2, 0) is 12.8 Å². The molecule has 0 bridgehead atoms. The molecule has 8 nitrogen and oxygen atoms in total. The highest BCUT2D eigenvalue weighted by Crippen LogP contribution is 2.19. The first-order valence-electron chi connectivity index (χ1n) is 8.87. The molecule has 0 saturated carbocycles. The van der Waals surface area contributed by atoms with Crippen LogP contribution >= 0.6 is 0 Å². The van der Waals surface area contributed by atoms with Gasteiger partial charge >= 0.3 is 0 Å². The minimum absolute atomic E-state index is 0.336. The normalized spacial score (nSPS) is 10.7. The summed E-state index contributed by atoms with van der Waals surface area (Å²) in [7, 11) is 0. The molecular weight excluding hydrogens is 352 g/mol. The first kappa shape index (κ1) is 17.6. The van der Waals surface area contributed by atoms with Gasteiger partial charge in [0.2, 0.25) is 5.95 Å². The zero-order chi connectivity index (χ0) is 19.3. The predicted octanol–water partition coefficient (Wildman–Crippen LogP) is 2.52. The van der Waals surface area contributed by atoms with E-state index in [0.29, 0.717) is 30.1 Å². The van der Waals surface area contributed by atoms with E-state index in [1.807, 2.05) is 48.5 Å². The van der Waals surface area contributed by atoms with Crippen molar-refractivity contribution in [3.8, 4) is 11.8 Å². The van der Waals surface area contributed by atoms with Gasteiger partial charge in [-0.1, -0.05) is 29.5 Å². The van der Waals surface area contributed by atoms with Crippen molar-refractivity contribution in [1.82, 2.24) is 25.0 Å². The highest BCUT2D eigenvalue weighted by Gasteiger charge is 2.11. The fourth-order valence-electron chi connectivity index (χ4n) is 2.90. The molecule has 28 heavy (non-hydrogen) atoms. The summed E-state index contributed by atoms with van der Waals surface area (Å²) in [5.41, 5.74) is 10.5. The van der Waals surface area contributed by atoms with Gasteiger partial charge in [0, 0.05) is 5.69 Å². The first-order chi connectivity index (χ1) is 13.8. The van der Waals surface area contributed by atoms with Crippen LogP contribution in [0.15, 0.2) is 54.7 Å². The third-order valence-electron chi connectivity index (χ3n) is 4.27. The molecule has 0 unspecified atom stereocenters. The smallest absolute Gasteiger partial charge is 0.229 e. The van der Waals surface area contributed by atoms with Gasteiger partial charge < -0.3 is 11.1 Å². The Morgan fingerprint density at radius 3 is 2.75 bits per heavy atom. The molecule has 0 amide bonds. The van der Waals surface area contributed by atoms with Gasteiger partial charge in [-0.2, -0.15) is 14.9 Å². The molecule has 2 aromatic heterocycles. The number of fused-ring (bicyclic) bond motifs is 1. The number of nitrogens with zero attached hydrogens (tertiary/aromatic N) is 6. The highest BCUT2D eigenvalue weighted by molar-refractivity contribution is 5.72. The SMILES string of the molecule is N#CCc1cccc(-n2nnc3cnc(Nc4ccc(CCN)cc4)nc32)c1. The van der Waals surface area contributed by atoms with Crippen molar-refractivity contribution < 1.29 is 0 Å². The summed E-state index contributed by atoms with van der Waals surface area (Å²) in [6.45, 7) is 0.624. The Kier molecular flexibility index (Phi) is 4.91. The van der Waals surface area contributed by atoms with E-state index in [1.165, 1.54) is 5.56 Å². The van der Waals surface area contributed by atoms with Crippen LogP contribution in [0.4, 0.5) is 11.6 Å². The lowest BCUT2D eigenvalue weighted by atomic mass is 10.1. The van der Waals surface area contributed by atoms with Crippen LogP contribution in [0, 0.1) is 11.3 Å². The van der Waals surface area contributed by atoms with E-state index in [0.717, 1.165) is 23.4 Å². The molecule has 0 fully saturated rings. The van der Waals surface area contributed by atoms with E-state index in [1.54, 1.807) is 10.9 Å². The van der Waals surface area contributed by atoms with Crippen LogP contribution in [0.25, 0.3) is 16.9 Å². The zero-order valence-electron chi connectivity index (χ0n) is 15.1.